The molecular weight excluding hydrogens is 358 g/mol. The van der Waals surface area contributed by atoms with Crippen molar-refractivity contribution in [3.05, 3.63) is 45.9 Å². The first-order chi connectivity index (χ1) is 12.7. The van der Waals surface area contributed by atoms with Gasteiger partial charge in [0.25, 0.3) is 11.8 Å². The summed E-state index contributed by atoms with van der Waals surface area (Å²) >= 11 is 1.41. The van der Waals surface area contributed by atoms with Gasteiger partial charge in [-0.3, -0.25) is 9.59 Å². The molecule has 2 heterocycles. The Morgan fingerprint density at radius 1 is 1.15 bits per heavy atom. The summed E-state index contributed by atoms with van der Waals surface area (Å²) in [6, 6.07) is 7.12. The Labute approximate surface area is 164 Å². The molecule has 1 saturated heterocycles. The van der Waals surface area contributed by atoms with Crippen LogP contribution in [-0.4, -0.2) is 34.8 Å². The molecule has 0 spiro atoms. The lowest BCUT2D eigenvalue weighted by Crippen LogP contribution is -2.37. The van der Waals surface area contributed by atoms with Gasteiger partial charge in [0.1, 0.15) is 4.88 Å². The number of carbonyl (C=O) groups excluding carboxylic acids is 2. The fraction of sp³-hybridized carbons (Fsp3) is 0.476. The molecule has 5 nitrogen and oxygen atoms in total. The third-order valence-corrected chi connectivity index (χ3v) is 6.25. The molecule has 1 aliphatic heterocycles. The number of anilines is 1. The summed E-state index contributed by atoms with van der Waals surface area (Å²) in [4.78, 5) is 31.9. The van der Waals surface area contributed by atoms with E-state index in [2.05, 4.69) is 38.0 Å². The zero-order chi connectivity index (χ0) is 19.6. The standard InChI is InChI=1S/C21H27N3O2S/c1-14-9-11-24(12-10-14)19(26)15-5-7-16(8-6-15)23-18(25)17-13-22-20(27-17)21(2,3)4/h5-8,13-14H,9-12H2,1-4H3,(H,23,25). The smallest absolute Gasteiger partial charge is 0.267 e. The second-order valence-corrected chi connectivity index (χ2v) is 9.32. The molecule has 0 radical (unpaired) electrons. The van der Waals surface area contributed by atoms with Gasteiger partial charge in [-0.15, -0.1) is 11.3 Å². The van der Waals surface area contributed by atoms with Crippen LogP contribution in [-0.2, 0) is 5.41 Å². The van der Waals surface area contributed by atoms with E-state index >= 15 is 0 Å². The molecule has 0 bridgehead atoms. The van der Waals surface area contributed by atoms with E-state index in [0.717, 1.165) is 30.9 Å². The molecule has 1 aromatic heterocycles. The maximum absolute atomic E-state index is 12.6. The number of aromatic nitrogens is 1. The lowest BCUT2D eigenvalue weighted by molar-refractivity contribution is 0.0697. The maximum Gasteiger partial charge on any atom is 0.267 e. The first-order valence-corrected chi connectivity index (χ1v) is 10.2. The number of rotatable bonds is 3. The molecule has 1 N–H and O–H groups in total. The molecule has 0 atom stereocenters. The highest BCUT2D eigenvalue weighted by atomic mass is 32.1. The predicted molar refractivity (Wildman–Crippen MR) is 110 cm³/mol. The highest BCUT2D eigenvalue weighted by molar-refractivity contribution is 7.13. The number of hydrogen-bond donors (Lipinski definition) is 1. The van der Waals surface area contributed by atoms with Gasteiger partial charge in [0.15, 0.2) is 0 Å². The van der Waals surface area contributed by atoms with Crippen molar-refractivity contribution in [2.24, 2.45) is 5.92 Å². The van der Waals surface area contributed by atoms with Gasteiger partial charge in [0.2, 0.25) is 0 Å². The molecule has 1 aliphatic rings. The average Bonchev–Trinajstić information content (AvgIpc) is 3.13. The predicted octanol–water partition coefficient (Wildman–Crippen LogP) is 4.57. The molecule has 144 valence electrons. The van der Waals surface area contributed by atoms with Crippen molar-refractivity contribution in [2.45, 2.75) is 46.0 Å². The Morgan fingerprint density at radius 2 is 1.78 bits per heavy atom. The summed E-state index contributed by atoms with van der Waals surface area (Å²) in [6.45, 7) is 10.1. The molecule has 6 heteroatoms. The summed E-state index contributed by atoms with van der Waals surface area (Å²) in [5, 5.41) is 3.82. The van der Waals surface area contributed by atoms with Crippen LogP contribution >= 0.6 is 11.3 Å². The van der Waals surface area contributed by atoms with Crippen LogP contribution in [0.5, 0.6) is 0 Å². The van der Waals surface area contributed by atoms with Gasteiger partial charge in [-0.05, 0) is 43.0 Å². The highest BCUT2D eigenvalue weighted by Gasteiger charge is 2.22. The number of nitrogens with one attached hydrogen (secondary N) is 1. The van der Waals surface area contributed by atoms with Gasteiger partial charge in [0, 0.05) is 29.8 Å². The lowest BCUT2D eigenvalue weighted by Gasteiger charge is -2.30. The van der Waals surface area contributed by atoms with Crippen LogP contribution in [0.3, 0.4) is 0 Å². The fourth-order valence-corrected chi connectivity index (χ4v) is 3.88. The third kappa shape index (κ3) is 4.75. The quantitative estimate of drug-likeness (QED) is 0.842. The minimum absolute atomic E-state index is 0.0667. The number of piperidine rings is 1. The van der Waals surface area contributed by atoms with Gasteiger partial charge in [0.05, 0.1) is 11.2 Å². The summed E-state index contributed by atoms with van der Waals surface area (Å²) in [7, 11) is 0. The summed E-state index contributed by atoms with van der Waals surface area (Å²) < 4.78 is 0. The molecule has 1 fully saturated rings. The summed E-state index contributed by atoms with van der Waals surface area (Å²) in [5.41, 5.74) is 1.27. The molecule has 2 aromatic rings. The second-order valence-electron chi connectivity index (χ2n) is 8.29. The molecule has 0 aliphatic carbocycles. The Hall–Kier alpha value is -2.21. The molecule has 27 heavy (non-hydrogen) atoms. The minimum Gasteiger partial charge on any atom is -0.339 e. The molecular formula is C21H27N3O2S. The van der Waals surface area contributed by atoms with Crippen LogP contribution in [0.25, 0.3) is 0 Å². The second kappa shape index (κ2) is 7.80. The van der Waals surface area contributed by atoms with E-state index < -0.39 is 0 Å². The van der Waals surface area contributed by atoms with Crippen molar-refractivity contribution in [1.82, 2.24) is 9.88 Å². The van der Waals surface area contributed by atoms with Crippen LogP contribution in [0.15, 0.2) is 30.5 Å². The van der Waals surface area contributed by atoms with Crippen molar-refractivity contribution in [2.75, 3.05) is 18.4 Å². The number of carbonyl (C=O) groups is 2. The van der Waals surface area contributed by atoms with E-state index in [1.807, 2.05) is 4.90 Å². The fourth-order valence-electron chi connectivity index (χ4n) is 3.01. The van der Waals surface area contributed by atoms with Gasteiger partial charge in [-0.25, -0.2) is 4.98 Å². The first kappa shape index (κ1) is 19.5. The van der Waals surface area contributed by atoms with E-state index in [1.165, 1.54) is 11.3 Å². The maximum atomic E-state index is 12.6. The van der Waals surface area contributed by atoms with Crippen LogP contribution in [0.4, 0.5) is 5.69 Å². The van der Waals surface area contributed by atoms with Crippen molar-refractivity contribution in [3.63, 3.8) is 0 Å². The van der Waals surface area contributed by atoms with Gasteiger partial charge >= 0.3 is 0 Å². The lowest BCUT2D eigenvalue weighted by atomic mass is 9.98. The SMILES string of the molecule is CC1CCN(C(=O)c2ccc(NC(=O)c3cnc(C(C)(C)C)s3)cc2)CC1. The Bertz CT molecular complexity index is 813. The number of nitrogens with zero attached hydrogens (tertiary/aromatic N) is 2. The normalized spacial score (nSPS) is 15.6. The number of amides is 2. The Balaban J connectivity index is 1.62. The number of thiazole rings is 1. The third-order valence-electron chi connectivity index (χ3n) is 4.83. The van der Waals surface area contributed by atoms with Crippen LogP contribution in [0.2, 0.25) is 0 Å². The van der Waals surface area contributed by atoms with Crippen molar-refractivity contribution in [1.29, 1.82) is 0 Å². The zero-order valence-electron chi connectivity index (χ0n) is 16.4. The minimum atomic E-state index is -0.174. The van der Waals surface area contributed by atoms with Gasteiger partial charge in [-0.1, -0.05) is 27.7 Å². The molecule has 0 saturated carbocycles. The molecule has 1 aromatic carbocycles. The van der Waals surface area contributed by atoms with Gasteiger partial charge < -0.3 is 10.2 Å². The Morgan fingerprint density at radius 3 is 2.33 bits per heavy atom. The van der Waals surface area contributed by atoms with Crippen LogP contribution in [0, 0.1) is 5.92 Å². The first-order valence-electron chi connectivity index (χ1n) is 9.41. The van der Waals surface area contributed by atoms with Crippen LogP contribution < -0.4 is 5.32 Å². The van der Waals surface area contributed by atoms with Crippen molar-refractivity contribution < 1.29 is 9.59 Å². The average molecular weight is 386 g/mol. The van der Waals surface area contributed by atoms with Gasteiger partial charge in [-0.2, -0.15) is 0 Å². The Kier molecular flexibility index (Phi) is 5.65. The van der Waals surface area contributed by atoms with Crippen molar-refractivity contribution >= 4 is 28.8 Å². The topological polar surface area (TPSA) is 62.3 Å². The number of hydrogen-bond acceptors (Lipinski definition) is 4. The molecule has 0 unspecified atom stereocenters. The van der Waals surface area contributed by atoms with Crippen LogP contribution in [0.1, 0.15) is 65.6 Å². The summed E-state index contributed by atoms with van der Waals surface area (Å²) in [5.74, 6) is 0.585. The van der Waals surface area contributed by atoms with E-state index in [4.69, 9.17) is 0 Å². The van der Waals surface area contributed by atoms with E-state index in [0.29, 0.717) is 22.0 Å². The summed E-state index contributed by atoms with van der Waals surface area (Å²) in [6.07, 6.45) is 3.74. The number of likely N-dealkylation sites (tertiary alicyclic amines) is 1. The van der Waals surface area contributed by atoms with E-state index in [1.54, 1.807) is 30.5 Å². The monoisotopic (exact) mass is 385 g/mol. The highest BCUT2D eigenvalue weighted by Crippen LogP contribution is 2.27. The van der Waals surface area contributed by atoms with Crippen molar-refractivity contribution in [3.8, 4) is 0 Å². The number of benzene rings is 1. The van der Waals surface area contributed by atoms with E-state index in [-0.39, 0.29) is 17.2 Å². The molecule has 3 rings (SSSR count). The zero-order valence-corrected chi connectivity index (χ0v) is 17.2. The molecule has 2 amide bonds. The van der Waals surface area contributed by atoms with E-state index in [9.17, 15) is 9.59 Å². The largest absolute Gasteiger partial charge is 0.339 e.